The van der Waals surface area contributed by atoms with Crippen LogP contribution in [-0.4, -0.2) is 42.0 Å². The zero-order valence-electron chi connectivity index (χ0n) is 13.8. The number of rotatable bonds is 4. The smallest absolute Gasteiger partial charge is 0.223 e. The summed E-state index contributed by atoms with van der Waals surface area (Å²) < 4.78 is 13.9. The maximum absolute atomic E-state index is 13.9. The van der Waals surface area contributed by atoms with Gasteiger partial charge in [-0.15, -0.1) is 11.3 Å². The van der Waals surface area contributed by atoms with Crippen LogP contribution in [0.15, 0.2) is 35.8 Å². The Bertz CT molecular complexity index is 677. The van der Waals surface area contributed by atoms with Crippen LogP contribution in [0.2, 0.25) is 0 Å². The SMILES string of the molecule is CC(CC(=O)N1CCCN(c2nccs2)CC1)c1ccccc1F. The van der Waals surface area contributed by atoms with Crippen LogP contribution < -0.4 is 4.90 Å². The number of amides is 1. The first-order valence-corrected chi connectivity index (χ1v) is 9.20. The normalized spacial score (nSPS) is 16.8. The second-order valence-electron chi connectivity index (χ2n) is 6.16. The highest BCUT2D eigenvalue weighted by Gasteiger charge is 2.22. The van der Waals surface area contributed by atoms with Gasteiger partial charge in [0.2, 0.25) is 5.91 Å². The predicted octanol–water partition coefficient (Wildman–Crippen LogP) is 3.51. The van der Waals surface area contributed by atoms with Crippen LogP contribution in [0, 0.1) is 5.82 Å². The Labute approximate surface area is 145 Å². The number of benzene rings is 1. The summed E-state index contributed by atoms with van der Waals surface area (Å²) >= 11 is 1.63. The second-order valence-corrected chi connectivity index (χ2v) is 7.04. The summed E-state index contributed by atoms with van der Waals surface area (Å²) in [4.78, 5) is 21.1. The first kappa shape index (κ1) is 16.9. The summed E-state index contributed by atoms with van der Waals surface area (Å²) in [6, 6.07) is 6.71. The number of anilines is 1. The van der Waals surface area contributed by atoms with Gasteiger partial charge in [0.05, 0.1) is 0 Å². The van der Waals surface area contributed by atoms with Crippen LogP contribution in [0.3, 0.4) is 0 Å². The molecule has 2 heterocycles. The number of halogens is 1. The Balaban J connectivity index is 1.58. The monoisotopic (exact) mass is 347 g/mol. The molecular weight excluding hydrogens is 325 g/mol. The van der Waals surface area contributed by atoms with Crippen molar-refractivity contribution in [3.63, 3.8) is 0 Å². The molecule has 3 rings (SSSR count). The Kier molecular flexibility index (Phi) is 5.45. The molecule has 4 nitrogen and oxygen atoms in total. The van der Waals surface area contributed by atoms with Crippen LogP contribution in [0.1, 0.15) is 31.2 Å². The highest BCUT2D eigenvalue weighted by atomic mass is 32.1. The van der Waals surface area contributed by atoms with Gasteiger partial charge in [-0.05, 0) is 24.0 Å². The lowest BCUT2D eigenvalue weighted by Crippen LogP contribution is -2.35. The standard InChI is InChI=1S/C18H22FN3OS/c1-14(15-5-2-3-6-16(15)19)13-17(23)21-8-4-9-22(11-10-21)18-20-7-12-24-18/h2-3,5-7,12,14H,4,8-11,13H2,1H3. The fourth-order valence-corrected chi connectivity index (χ4v) is 3.80. The van der Waals surface area contributed by atoms with Crippen LogP contribution in [0.25, 0.3) is 0 Å². The molecule has 1 fully saturated rings. The Morgan fingerprint density at radius 2 is 2.12 bits per heavy atom. The molecule has 1 aromatic heterocycles. The van der Waals surface area contributed by atoms with E-state index < -0.39 is 0 Å². The predicted molar refractivity (Wildman–Crippen MR) is 95.0 cm³/mol. The lowest BCUT2D eigenvalue weighted by Gasteiger charge is -2.23. The molecule has 1 aliphatic rings. The second kappa shape index (κ2) is 7.75. The van der Waals surface area contributed by atoms with E-state index in [9.17, 15) is 9.18 Å². The summed E-state index contributed by atoms with van der Waals surface area (Å²) in [6.45, 7) is 5.08. The molecule has 1 aliphatic heterocycles. The van der Waals surface area contributed by atoms with Gasteiger partial charge < -0.3 is 9.80 Å². The van der Waals surface area contributed by atoms with E-state index in [1.165, 1.54) is 6.07 Å². The number of thiazole rings is 1. The molecule has 1 atom stereocenters. The van der Waals surface area contributed by atoms with Gasteiger partial charge in [-0.3, -0.25) is 4.79 Å². The minimum Gasteiger partial charge on any atom is -0.346 e. The summed E-state index contributed by atoms with van der Waals surface area (Å²) in [6.07, 6.45) is 3.08. The van der Waals surface area contributed by atoms with Crippen molar-refractivity contribution in [2.24, 2.45) is 0 Å². The molecular formula is C18H22FN3OS. The van der Waals surface area contributed by atoms with E-state index in [2.05, 4.69) is 9.88 Å². The number of carbonyl (C=O) groups is 1. The minimum absolute atomic E-state index is 0.103. The molecule has 0 aliphatic carbocycles. The fourth-order valence-electron chi connectivity index (χ4n) is 3.11. The quantitative estimate of drug-likeness (QED) is 0.849. The third-order valence-electron chi connectivity index (χ3n) is 4.46. The number of carbonyl (C=O) groups excluding carboxylic acids is 1. The zero-order valence-corrected chi connectivity index (χ0v) is 14.6. The van der Waals surface area contributed by atoms with E-state index in [1.807, 2.05) is 29.5 Å². The highest BCUT2D eigenvalue weighted by molar-refractivity contribution is 7.13. The van der Waals surface area contributed by atoms with E-state index in [1.54, 1.807) is 23.5 Å². The molecule has 1 aromatic carbocycles. The average Bonchev–Trinajstić information content (AvgIpc) is 2.99. The topological polar surface area (TPSA) is 36.4 Å². The van der Waals surface area contributed by atoms with Crippen LogP contribution in [0.5, 0.6) is 0 Å². The van der Waals surface area contributed by atoms with E-state index in [0.717, 1.165) is 31.2 Å². The van der Waals surface area contributed by atoms with Crippen molar-refractivity contribution < 1.29 is 9.18 Å². The third-order valence-corrected chi connectivity index (χ3v) is 5.29. The molecule has 0 bridgehead atoms. The molecule has 1 saturated heterocycles. The fraction of sp³-hybridized carbons (Fsp3) is 0.444. The molecule has 2 aromatic rings. The van der Waals surface area contributed by atoms with Crippen molar-refractivity contribution in [3.05, 3.63) is 47.2 Å². The molecule has 0 N–H and O–H groups in total. The first-order valence-electron chi connectivity index (χ1n) is 8.32. The summed E-state index contributed by atoms with van der Waals surface area (Å²) in [7, 11) is 0. The van der Waals surface area contributed by atoms with Crippen LogP contribution in [0.4, 0.5) is 9.52 Å². The Morgan fingerprint density at radius 1 is 1.29 bits per heavy atom. The molecule has 128 valence electrons. The van der Waals surface area contributed by atoms with E-state index in [-0.39, 0.29) is 17.6 Å². The molecule has 1 unspecified atom stereocenters. The summed E-state index contributed by atoms with van der Waals surface area (Å²) in [5, 5.41) is 2.99. The van der Waals surface area contributed by atoms with Crippen molar-refractivity contribution >= 4 is 22.4 Å². The molecule has 1 amide bonds. The van der Waals surface area contributed by atoms with E-state index in [4.69, 9.17) is 0 Å². The molecule has 0 saturated carbocycles. The van der Waals surface area contributed by atoms with Gasteiger partial charge in [0.25, 0.3) is 0 Å². The zero-order chi connectivity index (χ0) is 16.9. The minimum atomic E-state index is -0.233. The number of aromatic nitrogens is 1. The van der Waals surface area contributed by atoms with Gasteiger partial charge in [-0.2, -0.15) is 0 Å². The average molecular weight is 347 g/mol. The van der Waals surface area contributed by atoms with Gasteiger partial charge in [0.1, 0.15) is 5.82 Å². The van der Waals surface area contributed by atoms with Gasteiger partial charge in [-0.25, -0.2) is 9.37 Å². The van der Waals surface area contributed by atoms with Gasteiger partial charge in [0.15, 0.2) is 5.13 Å². The summed E-state index contributed by atoms with van der Waals surface area (Å²) in [5.74, 6) is -0.243. The lowest BCUT2D eigenvalue weighted by molar-refractivity contribution is -0.131. The maximum Gasteiger partial charge on any atom is 0.223 e. The number of hydrogen-bond acceptors (Lipinski definition) is 4. The molecule has 0 spiro atoms. The Hall–Kier alpha value is -1.95. The molecule has 0 radical (unpaired) electrons. The van der Waals surface area contributed by atoms with E-state index in [0.29, 0.717) is 18.5 Å². The lowest BCUT2D eigenvalue weighted by atomic mass is 9.96. The summed E-state index contributed by atoms with van der Waals surface area (Å²) in [5.41, 5.74) is 0.616. The third kappa shape index (κ3) is 3.93. The van der Waals surface area contributed by atoms with Crippen molar-refractivity contribution in [1.29, 1.82) is 0 Å². The first-order chi connectivity index (χ1) is 11.6. The maximum atomic E-state index is 13.9. The number of hydrogen-bond donors (Lipinski definition) is 0. The van der Waals surface area contributed by atoms with Crippen molar-refractivity contribution in [2.45, 2.75) is 25.7 Å². The van der Waals surface area contributed by atoms with Crippen molar-refractivity contribution in [3.8, 4) is 0 Å². The Morgan fingerprint density at radius 3 is 2.88 bits per heavy atom. The molecule has 24 heavy (non-hydrogen) atoms. The van der Waals surface area contributed by atoms with E-state index >= 15 is 0 Å². The largest absolute Gasteiger partial charge is 0.346 e. The van der Waals surface area contributed by atoms with Crippen LogP contribution in [-0.2, 0) is 4.79 Å². The van der Waals surface area contributed by atoms with Crippen LogP contribution >= 0.6 is 11.3 Å². The van der Waals surface area contributed by atoms with Gasteiger partial charge in [-0.1, -0.05) is 25.1 Å². The molecule has 6 heteroatoms. The highest BCUT2D eigenvalue weighted by Crippen LogP contribution is 2.24. The van der Waals surface area contributed by atoms with Gasteiger partial charge >= 0.3 is 0 Å². The van der Waals surface area contributed by atoms with Crippen molar-refractivity contribution in [2.75, 3.05) is 31.1 Å². The number of nitrogens with zero attached hydrogens (tertiary/aromatic N) is 3. The van der Waals surface area contributed by atoms with Gasteiger partial charge in [0, 0.05) is 44.2 Å². The van der Waals surface area contributed by atoms with Crippen molar-refractivity contribution in [1.82, 2.24) is 9.88 Å².